The van der Waals surface area contributed by atoms with Crippen LogP contribution in [0, 0.1) is 0 Å². The third-order valence-corrected chi connectivity index (χ3v) is 4.15. The van der Waals surface area contributed by atoms with Gasteiger partial charge in [0.15, 0.2) is 0 Å². The Hall–Kier alpha value is -2.26. The van der Waals surface area contributed by atoms with Gasteiger partial charge in [0.25, 0.3) is 0 Å². The summed E-state index contributed by atoms with van der Waals surface area (Å²) >= 11 is 0. The third kappa shape index (κ3) is 2.41. The molecule has 1 saturated heterocycles. The van der Waals surface area contributed by atoms with Crippen LogP contribution < -0.4 is 0 Å². The molecule has 0 unspecified atom stereocenters. The van der Waals surface area contributed by atoms with E-state index in [1.807, 2.05) is 36.4 Å². The molecule has 0 radical (unpaired) electrons. The molecule has 3 nitrogen and oxygen atoms in total. The molecular formula is C18H18NO2+. The normalized spacial score (nSPS) is 16.6. The molecule has 0 saturated carbocycles. The fourth-order valence-corrected chi connectivity index (χ4v) is 3.03. The second kappa shape index (κ2) is 5.62. The number of benzene rings is 2. The summed E-state index contributed by atoms with van der Waals surface area (Å²) in [6.45, 7) is 1.20. The van der Waals surface area contributed by atoms with Gasteiger partial charge < -0.3 is 0 Å². The van der Waals surface area contributed by atoms with Gasteiger partial charge in [0.2, 0.25) is 0 Å². The Bertz CT molecular complexity index is 590. The number of quaternary nitrogens is 1. The maximum Gasteiger partial charge on any atom is 0.353 e. The van der Waals surface area contributed by atoms with Gasteiger partial charge in [-0.15, -0.1) is 0 Å². The molecule has 1 heterocycles. The lowest BCUT2D eigenvalue weighted by Gasteiger charge is -2.28. The quantitative estimate of drug-likeness (QED) is 0.625. The lowest BCUT2D eigenvalue weighted by atomic mass is 10.1. The fraction of sp³-hybridized carbons (Fsp3) is 0.222. The lowest BCUT2D eigenvalue weighted by Crippen LogP contribution is -2.55. The Balaban J connectivity index is 2.01. The van der Waals surface area contributed by atoms with E-state index in [-0.39, 0.29) is 16.3 Å². The first-order valence-electron chi connectivity index (χ1n) is 7.31. The van der Waals surface area contributed by atoms with Gasteiger partial charge in [-0.3, -0.25) is 0 Å². The number of imide groups is 1. The second-order valence-electron chi connectivity index (χ2n) is 5.46. The van der Waals surface area contributed by atoms with Crippen molar-refractivity contribution in [3.05, 3.63) is 71.8 Å². The molecule has 1 fully saturated rings. The monoisotopic (exact) mass is 280 g/mol. The van der Waals surface area contributed by atoms with Gasteiger partial charge in [-0.05, 0) is 24.3 Å². The Morgan fingerprint density at radius 2 is 1.05 bits per heavy atom. The third-order valence-electron chi connectivity index (χ3n) is 4.15. The van der Waals surface area contributed by atoms with Crippen LogP contribution in [0.5, 0.6) is 0 Å². The van der Waals surface area contributed by atoms with E-state index in [4.69, 9.17) is 0 Å². The maximum atomic E-state index is 12.9. The minimum absolute atomic E-state index is 0.0754. The van der Waals surface area contributed by atoms with Crippen molar-refractivity contribution in [2.24, 2.45) is 0 Å². The van der Waals surface area contributed by atoms with Gasteiger partial charge in [-0.25, -0.2) is 9.59 Å². The zero-order valence-corrected chi connectivity index (χ0v) is 11.9. The molecule has 3 rings (SSSR count). The Kier molecular flexibility index (Phi) is 3.67. The van der Waals surface area contributed by atoms with Crippen LogP contribution in [0.3, 0.4) is 0 Å². The van der Waals surface area contributed by atoms with Gasteiger partial charge in [0.05, 0.1) is 24.2 Å². The van der Waals surface area contributed by atoms with E-state index < -0.39 is 0 Å². The van der Waals surface area contributed by atoms with Crippen LogP contribution in [-0.4, -0.2) is 29.4 Å². The summed E-state index contributed by atoms with van der Waals surface area (Å²) in [5.74, 6) is -0.163. The highest BCUT2D eigenvalue weighted by Crippen LogP contribution is 2.26. The summed E-state index contributed by atoms with van der Waals surface area (Å²) < 4.78 is -0.0754. The molecule has 0 spiro atoms. The maximum absolute atomic E-state index is 12.9. The van der Waals surface area contributed by atoms with Crippen molar-refractivity contribution in [1.29, 1.82) is 0 Å². The number of rotatable bonds is 2. The number of hydrogen-bond acceptors (Lipinski definition) is 2. The number of amides is 2. The predicted octanol–water partition coefficient (Wildman–Crippen LogP) is 3.28. The summed E-state index contributed by atoms with van der Waals surface area (Å²) in [6, 6.07) is 18.3. The van der Waals surface area contributed by atoms with Crippen molar-refractivity contribution in [3.63, 3.8) is 0 Å². The van der Waals surface area contributed by atoms with Gasteiger partial charge >= 0.3 is 11.8 Å². The number of nitrogens with zero attached hydrogens (tertiary/aromatic N) is 1. The molecule has 0 N–H and O–H groups in total. The summed E-state index contributed by atoms with van der Waals surface area (Å²) in [4.78, 5) is 25.9. The SMILES string of the molecule is O=C(c1ccccc1)[N+]1(C(=O)c2ccccc2)CCCC1. The number of likely N-dealkylation sites (tertiary alicyclic amines) is 1. The van der Waals surface area contributed by atoms with Crippen molar-refractivity contribution in [2.45, 2.75) is 12.8 Å². The molecule has 1 aliphatic rings. The van der Waals surface area contributed by atoms with E-state index in [9.17, 15) is 9.59 Å². The van der Waals surface area contributed by atoms with Crippen molar-refractivity contribution in [1.82, 2.24) is 0 Å². The van der Waals surface area contributed by atoms with Crippen molar-refractivity contribution in [2.75, 3.05) is 13.1 Å². The molecule has 0 aliphatic carbocycles. The standard InChI is InChI=1S/C18H18NO2/c20-17(15-9-3-1-4-10-15)19(13-7-8-14-19)18(21)16-11-5-2-6-12-16/h1-6,9-12H,7-8,13-14H2/q+1. The first kappa shape index (κ1) is 13.7. The molecule has 2 amide bonds. The minimum atomic E-state index is -0.0815. The van der Waals surface area contributed by atoms with Gasteiger partial charge in [-0.2, -0.15) is 4.48 Å². The molecule has 0 aromatic heterocycles. The molecule has 0 atom stereocenters. The van der Waals surface area contributed by atoms with E-state index in [1.54, 1.807) is 24.3 Å². The van der Waals surface area contributed by atoms with Gasteiger partial charge in [-0.1, -0.05) is 36.4 Å². The van der Waals surface area contributed by atoms with Crippen molar-refractivity contribution < 1.29 is 14.1 Å². The smallest absolute Gasteiger partial charge is 0.225 e. The van der Waals surface area contributed by atoms with E-state index >= 15 is 0 Å². The molecule has 2 aromatic rings. The second-order valence-corrected chi connectivity index (χ2v) is 5.46. The molecule has 2 aromatic carbocycles. The van der Waals surface area contributed by atoms with E-state index in [1.165, 1.54) is 0 Å². The zero-order chi connectivity index (χ0) is 14.7. The van der Waals surface area contributed by atoms with Gasteiger partial charge in [0.1, 0.15) is 0 Å². The Morgan fingerprint density at radius 1 is 0.667 bits per heavy atom. The molecule has 3 heteroatoms. The van der Waals surface area contributed by atoms with Crippen LogP contribution in [0.4, 0.5) is 0 Å². The fourth-order valence-electron chi connectivity index (χ4n) is 3.03. The summed E-state index contributed by atoms with van der Waals surface area (Å²) in [5, 5.41) is 0. The first-order valence-corrected chi connectivity index (χ1v) is 7.31. The van der Waals surface area contributed by atoms with Crippen molar-refractivity contribution in [3.8, 4) is 0 Å². The van der Waals surface area contributed by atoms with E-state index in [2.05, 4.69) is 0 Å². The molecule has 21 heavy (non-hydrogen) atoms. The topological polar surface area (TPSA) is 34.1 Å². The van der Waals surface area contributed by atoms with Crippen LogP contribution in [0.2, 0.25) is 0 Å². The molecule has 106 valence electrons. The van der Waals surface area contributed by atoms with E-state index in [0.717, 1.165) is 12.8 Å². The lowest BCUT2D eigenvalue weighted by molar-refractivity contribution is -0.751. The number of carbonyl (C=O) groups excluding carboxylic acids is 2. The van der Waals surface area contributed by atoms with Crippen molar-refractivity contribution >= 4 is 11.8 Å². The summed E-state index contributed by atoms with van der Waals surface area (Å²) in [5.41, 5.74) is 1.23. The highest BCUT2D eigenvalue weighted by molar-refractivity contribution is 6.01. The zero-order valence-electron chi connectivity index (χ0n) is 11.9. The van der Waals surface area contributed by atoms with Crippen LogP contribution >= 0.6 is 0 Å². The molecule has 1 aliphatic heterocycles. The summed E-state index contributed by atoms with van der Waals surface area (Å²) in [6.07, 6.45) is 1.83. The molecular weight excluding hydrogens is 262 g/mol. The number of carbonyl (C=O) groups is 2. The predicted molar refractivity (Wildman–Crippen MR) is 80.8 cm³/mol. The number of hydrogen-bond donors (Lipinski definition) is 0. The van der Waals surface area contributed by atoms with Crippen LogP contribution in [0.15, 0.2) is 60.7 Å². The minimum Gasteiger partial charge on any atom is -0.225 e. The Labute approximate surface area is 124 Å². The average Bonchev–Trinajstić information content (AvgIpc) is 3.06. The largest absolute Gasteiger partial charge is 0.353 e. The Morgan fingerprint density at radius 3 is 1.43 bits per heavy atom. The summed E-state index contributed by atoms with van der Waals surface area (Å²) in [7, 11) is 0. The molecule has 0 bridgehead atoms. The first-order chi connectivity index (χ1) is 10.2. The average molecular weight is 280 g/mol. The van der Waals surface area contributed by atoms with Crippen LogP contribution in [0.25, 0.3) is 0 Å². The van der Waals surface area contributed by atoms with E-state index in [0.29, 0.717) is 24.2 Å². The highest BCUT2D eigenvalue weighted by atomic mass is 16.2. The highest BCUT2D eigenvalue weighted by Gasteiger charge is 2.47. The van der Waals surface area contributed by atoms with Crippen LogP contribution in [0.1, 0.15) is 33.6 Å². The van der Waals surface area contributed by atoms with Gasteiger partial charge in [0, 0.05) is 12.8 Å². The van der Waals surface area contributed by atoms with Crippen LogP contribution in [-0.2, 0) is 0 Å².